The molecule has 1 heterocycles. The number of amidine groups is 1. The van der Waals surface area contributed by atoms with Gasteiger partial charge in [0.25, 0.3) is 0 Å². The highest BCUT2D eigenvalue weighted by Gasteiger charge is 2.35. The fourth-order valence-corrected chi connectivity index (χ4v) is 4.93. The zero-order chi connectivity index (χ0) is 23.3. The second-order valence-corrected chi connectivity index (χ2v) is 9.70. The molecule has 1 amide bonds. The van der Waals surface area contributed by atoms with Crippen LogP contribution in [0.1, 0.15) is 124 Å². The highest BCUT2D eigenvalue weighted by atomic mass is 16.1. The molecule has 32 heavy (non-hydrogen) atoms. The largest absolute Gasteiger partial charge is 0.351 e. The van der Waals surface area contributed by atoms with Crippen molar-refractivity contribution in [2.24, 2.45) is 4.99 Å². The number of unbranched alkanes of at least 4 members (excludes halogenated alkanes) is 13. The van der Waals surface area contributed by atoms with Gasteiger partial charge in [-0.1, -0.05) is 89.7 Å². The third kappa shape index (κ3) is 13.4. The fourth-order valence-electron chi connectivity index (χ4n) is 4.93. The van der Waals surface area contributed by atoms with Gasteiger partial charge in [-0.2, -0.15) is 0 Å². The van der Waals surface area contributed by atoms with Crippen LogP contribution in [0.15, 0.2) is 17.1 Å². The van der Waals surface area contributed by atoms with E-state index in [2.05, 4.69) is 31.3 Å². The molecule has 0 radical (unpaired) electrons. The lowest BCUT2D eigenvalue weighted by atomic mass is 10.0. The zero-order valence-corrected chi connectivity index (χ0v) is 21.8. The molecule has 1 rings (SSSR count). The van der Waals surface area contributed by atoms with E-state index in [0.717, 1.165) is 43.6 Å². The summed E-state index contributed by atoms with van der Waals surface area (Å²) in [5.41, 5.74) is 0. The van der Waals surface area contributed by atoms with E-state index in [0.29, 0.717) is 0 Å². The van der Waals surface area contributed by atoms with Gasteiger partial charge in [0.2, 0.25) is 5.91 Å². The van der Waals surface area contributed by atoms with Crippen molar-refractivity contribution in [1.82, 2.24) is 5.32 Å². The maximum atomic E-state index is 11.2. The lowest BCUT2D eigenvalue weighted by Crippen LogP contribution is -2.54. The summed E-state index contributed by atoms with van der Waals surface area (Å²) in [6, 6.07) is 0. The predicted molar refractivity (Wildman–Crippen MR) is 140 cm³/mol. The number of quaternary nitrogens is 1. The fraction of sp³-hybridized carbons (Fsp3) is 0.857. The normalized spacial score (nSPS) is 18.4. The molecule has 4 heteroatoms. The highest BCUT2D eigenvalue weighted by Crippen LogP contribution is 2.20. The lowest BCUT2D eigenvalue weighted by Gasteiger charge is -2.33. The summed E-state index contributed by atoms with van der Waals surface area (Å²) in [7, 11) is 0. The van der Waals surface area contributed by atoms with Crippen molar-refractivity contribution in [2.45, 2.75) is 124 Å². The standard InChI is InChI=1S/C28H53N3O/c1-4-6-7-8-9-10-11-12-13-14-15-16-17-18-19-20-21-22-28-30-24-26-31(28,5-2)25-23-29-27(3)32/h6-7H,4-5,8-26H2,1-3H3/p+1/b7-6+. The molecule has 0 saturated carbocycles. The smallest absolute Gasteiger partial charge is 0.217 e. The summed E-state index contributed by atoms with van der Waals surface area (Å²) in [6.07, 6.45) is 26.4. The van der Waals surface area contributed by atoms with Crippen molar-refractivity contribution in [3.05, 3.63) is 12.2 Å². The van der Waals surface area contributed by atoms with Crippen molar-refractivity contribution in [3.8, 4) is 0 Å². The van der Waals surface area contributed by atoms with E-state index in [1.54, 1.807) is 6.92 Å². The number of amides is 1. The second-order valence-electron chi connectivity index (χ2n) is 9.70. The van der Waals surface area contributed by atoms with Crippen LogP contribution >= 0.6 is 0 Å². The Morgan fingerprint density at radius 1 is 0.875 bits per heavy atom. The Labute approximate surface area is 199 Å². The molecule has 0 fully saturated rings. The van der Waals surface area contributed by atoms with E-state index in [1.165, 1.54) is 102 Å². The van der Waals surface area contributed by atoms with Gasteiger partial charge in [0.1, 0.15) is 13.1 Å². The minimum Gasteiger partial charge on any atom is -0.351 e. The van der Waals surface area contributed by atoms with Crippen molar-refractivity contribution >= 4 is 11.7 Å². The first-order valence-electron chi connectivity index (χ1n) is 13.9. The molecular weight excluding hydrogens is 394 g/mol. The number of allylic oxidation sites excluding steroid dienone is 2. The van der Waals surface area contributed by atoms with E-state index >= 15 is 0 Å². The molecule has 0 aliphatic carbocycles. The Morgan fingerprint density at radius 3 is 1.97 bits per heavy atom. The first-order chi connectivity index (χ1) is 15.6. The molecule has 0 saturated heterocycles. The third-order valence-electron chi connectivity index (χ3n) is 7.06. The first-order valence-corrected chi connectivity index (χ1v) is 13.9. The second kappa shape index (κ2) is 19.3. The number of aliphatic imine (C=N–C) groups is 1. The van der Waals surface area contributed by atoms with Gasteiger partial charge in [-0.3, -0.25) is 9.28 Å². The van der Waals surface area contributed by atoms with Gasteiger partial charge in [-0.15, -0.1) is 0 Å². The summed E-state index contributed by atoms with van der Waals surface area (Å²) in [4.78, 5) is 16.0. The molecule has 0 aromatic rings. The summed E-state index contributed by atoms with van der Waals surface area (Å²) >= 11 is 0. The van der Waals surface area contributed by atoms with Crippen LogP contribution in [-0.2, 0) is 4.79 Å². The number of nitrogens with zero attached hydrogens (tertiary/aromatic N) is 2. The summed E-state index contributed by atoms with van der Waals surface area (Å²) in [6.45, 7) is 11.0. The van der Waals surface area contributed by atoms with Crippen LogP contribution < -0.4 is 5.32 Å². The summed E-state index contributed by atoms with van der Waals surface area (Å²) in [5, 5.41) is 2.97. The van der Waals surface area contributed by atoms with Crippen LogP contribution in [0.3, 0.4) is 0 Å². The minimum absolute atomic E-state index is 0.0722. The quantitative estimate of drug-likeness (QED) is 0.113. The Balaban J connectivity index is 1.94. The zero-order valence-electron chi connectivity index (χ0n) is 21.8. The molecule has 1 atom stereocenters. The number of hydrogen-bond acceptors (Lipinski definition) is 2. The van der Waals surface area contributed by atoms with Gasteiger partial charge < -0.3 is 5.32 Å². The van der Waals surface area contributed by atoms with Crippen LogP contribution in [-0.4, -0.2) is 48.9 Å². The number of nitrogens with one attached hydrogen (secondary N) is 1. The summed E-state index contributed by atoms with van der Waals surface area (Å²) in [5.74, 6) is 1.46. The van der Waals surface area contributed by atoms with Crippen LogP contribution in [0.4, 0.5) is 0 Å². The number of likely N-dealkylation sites (N-methyl/N-ethyl adjacent to an activating group) is 1. The molecule has 0 aromatic carbocycles. The number of rotatable bonds is 21. The Kier molecular flexibility index (Phi) is 17.4. The van der Waals surface area contributed by atoms with E-state index in [9.17, 15) is 4.79 Å². The first kappa shape index (κ1) is 28.9. The maximum Gasteiger partial charge on any atom is 0.217 e. The van der Waals surface area contributed by atoms with E-state index in [4.69, 9.17) is 4.99 Å². The summed E-state index contributed by atoms with van der Waals surface area (Å²) < 4.78 is 0.996. The van der Waals surface area contributed by atoms with Gasteiger partial charge >= 0.3 is 0 Å². The van der Waals surface area contributed by atoms with Crippen molar-refractivity contribution in [3.63, 3.8) is 0 Å². The molecule has 0 bridgehead atoms. The molecule has 1 aliphatic rings. The minimum atomic E-state index is 0.0722. The molecule has 186 valence electrons. The van der Waals surface area contributed by atoms with Gasteiger partial charge in [0.15, 0.2) is 5.84 Å². The molecule has 1 unspecified atom stereocenters. The molecule has 1 N–H and O–H groups in total. The molecular formula is C28H54N3O+. The Bertz CT molecular complexity index is 529. The highest BCUT2D eigenvalue weighted by molar-refractivity contribution is 5.77. The van der Waals surface area contributed by atoms with Gasteiger partial charge in [0, 0.05) is 13.3 Å². The van der Waals surface area contributed by atoms with Gasteiger partial charge in [-0.25, -0.2) is 4.99 Å². The third-order valence-corrected chi connectivity index (χ3v) is 7.06. The molecule has 0 spiro atoms. The van der Waals surface area contributed by atoms with E-state index in [1.807, 2.05) is 0 Å². The van der Waals surface area contributed by atoms with Crippen molar-refractivity contribution in [2.75, 3.05) is 32.7 Å². The number of hydrogen-bond donors (Lipinski definition) is 1. The van der Waals surface area contributed by atoms with E-state index in [-0.39, 0.29) is 5.91 Å². The Morgan fingerprint density at radius 2 is 1.44 bits per heavy atom. The molecule has 1 aliphatic heterocycles. The van der Waals surface area contributed by atoms with Gasteiger partial charge in [-0.05, 0) is 32.6 Å². The van der Waals surface area contributed by atoms with Crippen LogP contribution in [0, 0.1) is 0 Å². The van der Waals surface area contributed by atoms with Crippen molar-refractivity contribution in [1.29, 1.82) is 0 Å². The van der Waals surface area contributed by atoms with Crippen LogP contribution in [0.5, 0.6) is 0 Å². The average molecular weight is 449 g/mol. The average Bonchev–Trinajstić information content (AvgIpc) is 3.18. The SMILES string of the molecule is CC/C=C/CCCCCCCCCCCCCCCC1=NCC[N+]1(CC)CCNC(C)=O. The van der Waals surface area contributed by atoms with Gasteiger partial charge in [0.05, 0.1) is 19.6 Å². The predicted octanol–water partition coefficient (Wildman–Crippen LogP) is 7.19. The Hall–Kier alpha value is -1.16. The van der Waals surface area contributed by atoms with Crippen molar-refractivity contribution < 1.29 is 9.28 Å². The number of carbonyl (C=O) groups excluding carboxylic acids is 1. The lowest BCUT2D eigenvalue weighted by molar-refractivity contribution is -0.833. The maximum absolute atomic E-state index is 11.2. The monoisotopic (exact) mass is 448 g/mol. The topological polar surface area (TPSA) is 41.5 Å². The van der Waals surface area contributed by atoms with E-state index < -0.39 is 0 Å². The van der Waals surface area contributed by atoms with Crippen LogP contribution in [0.2, 0.25) is 0 Å². The molecule has 0 aromatic heterocycles. The number of carbonyl (C=O) groups is 1. The van der Waals surface area contributed by atoms with Crippen LogP contribution in [0.25, 0.3) is 0 Å². The molecule has 4 nitrogen and oxygen atoms in total.